The Kier molecular flexibility index (Phi) is 9.97. The van der Waals surface area contributed by atoms with Crippen LogP contribution in [0.5, 0.6) is 5.75 Å². The molecule has 2 aliphatic heterocycles. The predicted octanol–water partition coefficient (Wildman–Crippen LogP) is 4.63. The third-order valence-corrected chi connectivity index (χ3v) is 7.99. The molecule has 2 fully saturated rings. The van der Waals surface area contributed by atoms with Crippen molar-refractivity contribution in [3.8, 4) is 11.8 Å². The largest absolute Gasteiger partial charge is 0.489 e. The molecule has 13 heteroatoms. The second-order valence-corrected chi connectivity index (χ2v) is 11.6. The van der Waals surface area contributed by atoms with Crippen molar-refractivity contribution < 1.29 is 18.7 Å². The van der Waals surface area contributed by atoms with E-state index in [1.54, 1.807) is 4.90 Å². The molecule has 0 spiro atoms. The molecule has 3 N–H and O–H groups in total. The summed E-state index contributed by atoms with van der Waals surface area (Å²) in [5.74, 6) is -0.0411. The van der Waals surface area contributed by atoms with Crippen LogP contribution in [-0.2, 0) is 9.59 Å². The molecule has 2 aromatic carbocycles. The van der Waals surface area contributed by atoms with Gasteiger partial charge in [-0.25, -0.2) is 9.37 Å². The highest BCUT2D eigenvalue weighted by Gasteiger charge is 2.30. The summed E-state index contributed by atoms with van der Waals surface area (Å²) in [7, 11) is 1.85. The van der Waals surface area contributed by atoms with Crippen molar-refractivity contribution in [2.75, 3.05) is 60.6 Å². The second kappa shape index (κ2) is 14.3. The number of hydrogen-bond acceptors (Lipinski definition) is 10. The number of hydrogen-bond donors (Lipinski definition) is 3. The first kappa shape index (κ1) is 32.2. The van der Waals surface area contributed by atoms with Gasteiger partial charge >= 0.3 is 0 Å². The van der Waals surface area contributed by atoms with E-state index in [0.717, 1.165) is 44.7 Å². The minimum atomic E-state index is -0.458. The van der Waals surface area contributed by atoms with Crippen LogP contribution < -0.4 is 25.6 Å². The number of nitrogens with one attached hydrogen (secondary N) is 3. The second-order valence-electron chi connectivity index (χ2n) is 11.6. The number of piperidine rings is 1. The van der Waals surface area contributed by atoms with Crippen molar-refractivity contribution >= 4 is 46.3 Å². The monoisotopic (exact) mass is 627 g/mol. The number of ether oxygens (including phenoxy) is 1. The highest BCUT2D eigenvalue weighted by molar-refractivity contribution is 6.02. The topological polar surface area (TPSA) is 139 Å². The van der Waals surface area contributed by atoms with Gasteiger partial charge in [-0.15, -0.1) is 0 Å². The quantitative estimate of drug-likeness (QED) is 0.273. The highest BCUT2D eigenvalue weighted by atomic mass is 19.1. The number of nitrogens with zero attached hydrogens (tertiary/aromatic N) is 6. The molecule has 2 saturated heterocycles. The average Bonchev–Trinajstić information content (AvgIpc) is 3.04. The van der Waals surface area contributed by atoms with E-state index < -0.39 is 5.82 Å². The molecule has 2 amide bonds. The molecule has 0 atom stereocenters. The zero-order valence-electron chi connectivity index (χ0n) is 26.2. The van der Waals surface area contributed by atoms with Crippen LogP contribution in [0.1, 0.15) is 32.3 Å². The van der Waals surface area contributed by atoms with Gasteiger partial charge in [0.25, 0.3) is 0 Å². The van der Waals surface area contributed by atoms with Crippen LogP contribution in [0.25, 0.3) is 0 Å². The van der Waals surface area contributed by atoms with Gasteiger partial charge in [0.05, 0.1) is 35.9 Å². The van der Waals surface area contributed by atoms with Crippen molar-refractivity contribution in [2.45, 2.75) is 38.8 Å². The Balaban J connectivity index is 1.34. The Morgan fingerprint density at radius 3 is 2.57 bits per heavy atom. The lowest BCUT2D eigenvalue weighted by atomic mass is 10.0. The van der Waals surface area contributed by atoms with E-state index in [0.29, 0.717) is 29.6 Å². The van der Waals surface area contributed by atoms with Crippen LogP contribution in [0.3, 0.4) is 0 Å². The maximum absolute atomic E-state index is 14.0. The smallest absolute Gasteiger partial charge is 0.247 e. The Labute approximate surface area is 267 Å². The number of amides is 2. The van der Waals surface area contributed by atoms with E-state index in [2.05, 4.69) is 48.4 Å². The summed E-state index contributed by atoms with van der Waals surface area (Å²) in [6.07, 6.45) is 4.22. The van der Waals surface area contributed by atoms with Crippen LogP contribution >= 0.6 is 0 Å². The van der Waals surface area contributed by atoms with Crippen molar-refractivity contribution in [3.05, 3.63) is 66.6 Å². The number of rotatable bonds is 10. The molecule has 0 unspecified atom stereocenters. The van der Waals surface area contributed by atoms with Crippen LogP contribution in [0.4, 0.5) is 38.9 Å². The van der Waals surface area contributed by atoms with E-state index in [1.165, 1.54) is 30.5 Å². The fourth-order valence-corrected chi connectivity index (χ4v) is 5.52. The summed E-state index contributed by atoms with van der Waals surface area (Å²) in [5.41, 5.74) is 2.58. The molecule has 3 heterocycles. The molecule has 3 aromatic rings. The van der Waals surface area contributed by atoms with Gasteiger partial charge in [0.2, 0.25) is 17.8 Å². The number of anilines is 6. The fourth-order valence-electron chi connectivity index (χ4n) is 5.52. The maximum atomic E-state index is 14.0. The standard InChI is InChI=1S/C33H38FN9O3/c1-5-30(44)37-28-17-25(42-12-10-24(11-13-42)43-15-14-41(4)31(45)20-43)7-9-26(28)39-33-36-19-22(18-35)32(40-33)38-27-8-6-23(34)16-29(27)46-21(2)3/h5-9,16-17,19,21,24H,1,10-15,20H2,2-4H3,(H,37,44)(H2,36,38,39,40). The van der Waals surface area contributed by atoms with E-state index in [-0.39, 0.29) is 41.0 Å². The van der Waals surface area contributed by atoms with Gasteiger partial charge in [0.15, 0.2) is 5.82 Å². The summed E-state index contributed by atoms with van der Waals surface area (Å²) < 4.78 is 19.7. The molecule has 1 aromatic heterocycles. The lowest BCUT2D eigenvalue weighted by molar-refractivity contribution is -0.135. The number of carbonyl (C=O) groups is 2. The first-order valence-corrected chi connectivity index (χ1v) is 15.2. The molecule has 240 valence electrons. The lowest BCUT2D eigenvalue weighted by Gasteiger charge is -2.42. The SMILES string of the molecule is C=CC(=O)Nc1cc(N2CCC(N3CCN(C)C(=O)C3)CC2)ccc1Nc1ncc(C#N)c(Nc2ccc(F)cc2OC(C)C)n1. The molecule has 0 saturated carbocycles. The number of carbonyl (C=O) groups excluding carboxylic acids is 2. The van der Waals surface area contributed by atoms with Crippen LogP contribution in [0.2, 0.25) is 0 Å². The average molecular weight is 628 g/mol. The van der Waals surface area contributed by atoms with Gasteiger partial charge in [0.1, 0.15) is 23.2 Å². The minimum Gasteiger partial charge on any atom is -0.489 e. The van der Waals surface area contributed by atoms with Gasteiger partial charge in [-0.3, -0.25) is 14.5 Å². The molecule has 0 radical (unpaired) electrons. The van der Waals surface area contributed by atoms with Crippen molar-refractivity contribution in [2.24, 2.45) is 0 Å². The summed E-state index contributed by atoms with van der Waals surface area (Å²) in [6.45, 7) is 11.0. The third kappa shape index (κ3) is 7.70. The Morgan fingerprint density at radius 1 is 1.11 bits per heavy atom. The van der Waals surface area contributed by atoms with E-state index >= 15 is 0 Å². The van der Waals surface area contributed by atoms with Crippen LogP contribution in [0, 0.1) is 17.1 Å². The normalized spacial score (nSPS) is 15.8. The highest BCUT2D eigenvalue weighted by Crippen LogP contribution is 2.34. The van der Waals surface area contributed by atoms with Crippen molar-refractivity contribution in [3.63, 3.8) is 0 Å². The van der Waals surface area contributed by atoms with Gasteiger partial charge < -0.3 is 30.5 Å². The molecule has 0 aliphatic carbocycles. The molecule has 46 heavy (non-hydrogen) atoms. The number of benzene rings is 2. The van der Waals surface area contributed by atoms with Crippen LogP contribution in [0.15, 0.2) is 55.3 Å². The van der Waals surface area contributed by atoms with Crippen LogP contribution in [-0.4, -0.2) is 83.5 Å². The minimum absolute atomic E-state index is 0.161. The summed E-state index contributed by atoms with van der Waals surface area (Å²) >= 11 is 0. The van der Waals surface area contributed by atoms with E-state index in [1.807, 2.05) is 39.1 Å². The van der Waals surface area contributed by atoms with Gasteiger partial charge in [-0.05, 0) is 63.1 Å². The third-order valence-electron chi connectivity index (χ3n) is 7.99. The van der Waals surface area contributed by atoms with Gasteiger partial charge in [-0.1, -0.05) is 6.58 Å². The first-order valence-electron chi connectivity index (χ1n) is 15.2. The number of halogens is 1. The van der Waals surface area contributed by atoms with Gasteiger partial charge in [0, 0.05) is 51.0 Å². The zero-order chi connectivity index (χ0) is 32.8. The van der Waals surface area contributed by atoms with Gasteiger partial charge in [-0.2, -0.15) is 10.2 Å². The number of nitriles is 1. The number of aromatic nitrogens is 2. The molecule has 0 bridgehead atoms. The fraction of sp³-hybridized carbons (Fsp3) is 0.364. The molecule has 12 nitrogen and oxygen atoms in total. The van der Waals surface area contributed by atoms with Crippen molar-refractivity contribution in [1.29, 1.82) is 5.26 Å². The predicted molar refractivity (Wildman–Crippen MR) is 175 cm³/mol. The molecular weight excluding hydrogens is 589 g/mol. The molecular formula is C33H38FN9O3. The molecule has 5 rings (SSSR count). The number of likely N-dealkylation sites (N-methyl/N-ethyl adjacent to an activating group) is 1. The zero-order valence-corrected chi connectivity index (χ0v) is 26.2. The maximum Gasteiger partial charge on any atom is 0.247 e. The molecule has 2 aliphatic rings. The lowest BCUT2D eigenvalue weighted by Crippen LogP contribution is -2.54. The van der Waals surface area contributed by atoms with Crippen molar-refractivity contribution in [1.82, 2.24) is 19.8 Å². The Bertz CT molecular complexity index is 1650. The summed E-state index contributed by atoms with van der Waals surface area (Å²) in [6, 6.07) is 12.2. The number of piperazine rings is 1. The summed E-state index contributed by atoms with van der Waals surface area (Å²) in [5, 5.41) is 18.8. The van der Waals surface area contributed by atoms with E-state index in [9.17, 15) is 19.2 Å². The first-order chi connectivity index (χ1) is 22.1. The van der Waals surface area contributed by atoms with E-state index in [4.69, 9.17) is 4.74 Å². The Hall–Kier alpha value is -5.22. The Morgan fingerprint density at radius 2 is 1.87 bits per heavy atom. The summed E-state index contributed by atoms with van der Waals surface area (Å²) in [4.78, 5) is 39.8.